The lowest BCUT2D eigenvalue weighted by molar-refractivity contribution is 0.429. The first-order valence-electron chi connectivity index (χ1n) is 2.10. The topological polar surface area (TPSA) is 0 Å². The van der Waals surface area contributed by atoms with Gasteiger partial charge in [0.05, 0.1) is 0 Å². The monoisotopic (exact) mass is 160 g/mol. The fourth-order valence-electron chi connectivity index (χ4n) is 0.178. The van der Waals surface area contributed by atoms with Gasteiger partial charge in [0.1, 0.15) is 5.79 Å². The highest BCUT2D eigenvalue weighted by Crippen LogP contribution is 2.08. The molecule has 0 aliphatic heterocycles. The molecule has 0 saturated heterocycles. The number of halogens is 3. The van der Waals surface area contributed by atoms with Gasteiger partial charge in [-0.1, -0.05) is 6.92 Å². The number of rotatable bonds is 2. The van der Waals surface area contributed by atoms with Gasteiger partial charge in [-0.25, -0.2) is 4.39 Å². The fourth-order valence-corrected chi connectivity index (χ4v) is 1.60. The van der Waals surface area contributed by atoms with Gasteiger partial charge in [0.2, 0.25) is 0 Å². The molecule has 0 radical (unpaired) electrons. The van der Waals surface area contributed by atoms with Crippen LogP contribution in [0, 0.1) is 0 Å². The molecule has 4 heteroatoms. The Morgan fingerprint density at radius 1 is 1.71 bits per heavy atom. The summed E-state index contributed by atoms with van der Waals surface area (Å²) in [5, 5.41) is 0. The van der Waals surface area contributed by atoms with Crippen molar-refractivity contribution < 1.29 is 4.39 Å². The van der Waals surface area contributed by atoms with Crippen molar-refractivity contribution in [3.8, 4) is 0 Å². The van der Waals surface area contributed by atoms with Crippen LogP contribution in [0.2, 0.25) is 0 Å². The highest BCUT2D eigenvalue weighted by Gasteiger charge is 2.14. The summed E-state index contributed by atoms with van der Waals surface area (Å²) in [7, 11) is -1.99. The molecule has 0 heterocycles. The van der Waals surface area contributed by atoms with Gasteiger partial charge in [-0.2, -0.15) is 0 Å². The summed E-state index contributed by atoms with van der Waals surface area (Å²) in [5.41, 5.74) is 0. The third-order valence-electron chi connectivity index (χ3n) is 0.663. The highest BCUT2D eigenvalue weighted by atomic mass is 35.7. The molecular weight excluding hydrogens is 154 g/mol. The molecule has 0 bridgehead atoms. The van der Waals surface area contributed by atoms with E-state index in [1.54, 1.807) is 6.92 Å². The van der Waals surface area contributed by atoms with Gasteiger partial charge in [-0.05, 0) is 6.42 Å². The quantitative estimate of drug-likeness (QED) is 0.429. The van der Waals surface area contributed by atoms with Gasteiger partial charge in [0.15, 0.2) is 0 Å². The van der Waals surface area contributed by atoms with E-state index in [-0.39, 0.29) is 0 Å². The predicted octanol–water partition coefficient (Wildman–Crippen LogP) is 1.97. The molecule has 1 unspecified atom stereocenters. The largest absolute Gasteiger partial charge is 0.270 e. The van der Waals surface area contributed by atoms with Gasteiger partial charge >= 0.3 is 0 Å². The average Bonchev–Trinajstić information content (AvgIpc) is 1.65. The van der Waals surface area contributed by atoms with E-state index >= 15 is 0 Å². The Morgan fingerprint density at radius 2 is 2.14 bits per heavy atom. The van der Waals surface area contributed by atoms with Crippen molar-refractivity contribution in [2.75, 3.05) is 0 Å². The van der Waals surface area contributed by atoms with Crippen LogP contribution in [0.5, 0.6) is 0 Å². The number of alkyl halides is 1. The molecule has 7 heavy (non-hydrogen) atoms. The predicted molar refractivity (Wildman–Crippen MR) is 34.0 cm³/mol. The molecule has 44 valence electrons. The van der Waals surface area contributed by atoms with Crippen molar-refractivity contribution in [3.63, 3.8) is 0 Å². The van der Waals surface area contributed by atoms with Crippen LogP contribution < -0.4 is 0 Å². The Labute approximate surface area is 53.6 Å². The molecule has 0 nitrogen and oxygen atoms in total. The molecular formula is C3H7Cl2FSi. The molecule has 0 amide bonds. The Bertz CT molecular complexity index is 50.2. The SMILES string of the molecule is CCC(F)[SiH](Cl)Cl. The first-order chi connectivity index (χ1) is 3.18. The molecule has 0 aliphatic rings. The molecule has 1 atom stereocenters. The van der Waals surface area contributed by atoms with E-state index in [2.05, 4.69) is 0 Å². The summed E-state index contributed by atoms with van der Waals surface area (Å²) in [6.07, 6.45) is 0.448. The zero-order chi connectivity index (χ0) is 5.86. The van der Waals surface area contributed by atoms with Crippen molar-refractivity contribution in [2.24, 2.45) is 0 Å². The van der Waals surface area contributed by atoms with Crippen molar-refractivity contribution in [3.05, 3.63) is 0 Å². The van der Waals surface area contributed by atoms with Crippen LogP contribution in [0.15, 0.2) is 0 Å². The van der Waals surface area contributed by atoms with Crippen LogP contribution in [0.1, 0.15) is 13.3 Å². The second-order valence-electron chi connectivity index (χ2n) is 1.26. The van der Waals surface area contributed by atoms with Crippen molar-refractivity contribution in [1.82, 2.24) is 0 Å². The Balaban J connectivity index is 3.14. The summed E-state index contributed by atoms with van der Waals surface area (Å²) in [4.78, 5) is 0. The summed E-state index contributed by atoms with van der Waals surface area (Å²) in [6.45, 7) is 1.73. The second-order valence-corrected chi connectivity index (χ2v) is 6.14. The summed E-state index contributed by atoms with van der Waals surface area (Å²) >= 11 is 10.5. The summed E-state index contributed by atoms with van der Waals surface area (Å²) in [6, 6.07) is 0. The molecule has 0 aromatic carbocycles. The van der Waals surface area contributed by atoms with E-state index < -0.39 is 13.2 Å². The van der Waals surface area contributed by atoms with E-state index in [1.165, 1.54) is 0 Å². The van der Waals surface area contributed by atoms with Crippen LogP contribution in [0.25, 0.3) is 0 Å². The van der Waals surface area contributed by atoms with Crippen LogP contribution >= 0.6 is 22.2 Å². The van der Waals surface area contributed by atoms with Crippen LogP contribution in [-0.2, 0) is 0 Å². The number of hydrogen-bond donors (Lipinski definition) is 0. The molecule has 0 saturated carbocycles. The van der Waals surface area contributed by atoms with E-state index in [0.717, 1.165) is 0 Å². The molecule has 0 aromatic heterocycles. The Kier molecular flexibility index (Phi) is 4.08. The van der Waals surface area contributed by atoms with E-state index in [4.69, 9.17) is 22.2 Å². The third-order valence-corrected chi connectivity index (χ3v) is 3.32. The second kappa shape index (κ2) is 3.70. The Hall–Kier alpha value is 0.727. The summed E-state index contributed by atoms with van der Waals surface area (Å²) < 4.78 is 12.1. The van der Waals surface area contributed by atoms with Gasteiger partial charge in [0.25, 0.3) is 7.42 Å². The van der Waals surface area contributed by atoms with E-state index in [9.17, 15) is 4.39 Å². The third kappa shape index (κ3) is 3.32. The smallest absolute Gasteiger partial charge is 0.249 e. The summed E-state index contributed by atoms with van der Waals surface area (Å²) in [5.74, 6) is -0.927. The minimum absolute atomic E-state index is 0.448. The fraction of sp³-hybridized carbons (Fsp3) is 1.00. The van der Waals surface area contributed by atoms with Crippen LogP contribution in [0.3, 0.4) is 0 Å². The maximum atomic E-state index is 12.1. The highest BCUT2D eigenvalue weighted by molar-refractivity contribution is 7.34. The molecule has 0 aromatic rings. The molecule has 0 rings (SSSR count). The van der Waals surface area contributed by atoms with Crippen molar-refractivity contribution in [1.29, 1.82) is 0 Å². The average molecular weight is 161 g/mol. The lowest BCUT2D eigenvalue weighted by Crippen LogP contribution is -2.12. The standard InChI is InChI=1S/C3H7Cl2FSi/c1-2-3(6)7(4)5/h3,7H,2H2,1H3. The van der Waals surface area contributed by atoms with Gasteiger partial charge in [0, 0.05) is 0 Å². The number of hydrogen-bond acceptors (Lipinski definition) is 0. The lowest BCUT2D eigenvalue weighted by atomic mass is 10.5. The first-order valence-corrected chi connectivity index (χ1v) is 6.26. The van der Waals surface area contributed by atoms with Gasteiger partial charge in [-0.15, -0.1) is 22.2 Å². The van der Waals surface area contributed by atoms with Crippen molar-refractivity contribution >= 4 is 29.6 Å². The maximum absolute atomic E-state index is 12.1. The van der Waals surface area contributed by atoms with E-state index in [1.807, 2.05) is 0 Å². The zero-order valence-corrected chi connectivity index (χ0v) is 6.66. The molecule has 0 fully saturated rings. The normalized spacial score (nSPS) is 15.0. The van der Waals surface area contributed by atoms with Crippen LogP contribution in [0.4, 0.5) is 4.39 Å². The minimum Gasteiger partial charge on any atom is -0.249 e. The molecule has 0 N–H and O–H groups in total. The zero-order valence-electron chi connectivity index (χ0n) is 4.00. The molecule has 0 aliphatic carbocycles. The lowest BCUT2D eigenvalue weighted by Gasteiger charge is -1.99. The Morgan fingerprint density at radius 3 is 2.14 bits per heavy atom. The maximum Gasteiger partial charge on any atom is 0.270 e. The van der Waals surface area contributed by atoms with Gasteiger partial charge in [-0.3, -0.25) is 0 Å². The molecule has 0 spiro atoms. The first kappa shape index (κ1) is 7.73. The van der Waals surface area contributed by atoms with Gasteiger partial charge < -0.3 is 0 Å². The van der Waals surface area contributed by atoms with Crippen LogP contribution in [-0.4, -0.2) is 13.2 Å². The van der Waals surface area contributed by atoms with E-state index in [0.29, 0.717) is 6.42 Å². The minimum atomic E-state index is -1.99. The van der Waals surface area contributed by atoms with Crippen molar-refractivity contribution in [2.45, 2.75) is 19.1 Å².